The fourth-order valence-electron chi connectivity index (χ4n) is 3.92. The molecule has 1 aliphatic carbocycles. The monoisotopic (exact) mass is 312 g/mol. The maximum Gasteiger partial charge on any atom is 0.0970 e. The van der Waals surface area contributed by atoms with Crippen LogP contribution in [0.15, 0.2) is 48.8 Å². The van der Waals surface area contributed by atoms with Gasteiger partial charge in [-0.3, -0.25) is 0 Å². The van der Waals surface area contributed by atoms with Gasteiger partial charge in [-0.15, -0.1) is 0 Å². The Hall–Kier alpha value is -1.54. The summed E-state index contributed by atoms with van der Waals surface area (Å²) in [6.45, 7) is 1.07. The quantitative estimate of drug-likeness (QED) is 0.755. The number of aliphatic hydroxyl groups is 1. The number of benzene rings is 1. The molecular weight excluding hydrogens is 284 g/mol. The van der Waals surface area contributed by atoms with E-state index in [1.165, 1.54) is 43.2 Å². The molecule has 0 saturated heterocycles. The van der Waals surface area contributed by atoms with E-state index in [1.54, 1.807) is 0 Å². The molecule has 2 nitrogen and oxygen atoms in total. The predicted octanol–water partition coefficient (Wildman–Crippen LogP) is 4.43. The molecule has 0 radical (unpaired) electrons. The first kappa shape index (κ1) is 16.3. The van der Waals surface area contributed by atoms with E-state index >= 15 is 0 Å². The molecule has 1 aromatic carbocycles. The Kier molecular flexibility index (Phi) is 5.56. The fourth-order valence-corrected chi connectivity index (χ4v) is 3.92. The van der Waals surface area contributed by atoms with Gasteiger partial charge in [0, 0.05) is 12.0 Å². The maximum atomic E-state index is 8.98. The first-order valence-corrected chi connectivity index (χ1v) is 8.97. The molecular formula is C21H28O2. The normalized spacial score (nSPS) is 26.4. The van der Waals surface area contributed by atoms with E-state index in [4.69, 9.17) is 9.84 Å². The Labute approximate surface area is 139 Å². The SMILES string of the molecule is OCCc1ccc(CCCC2(C3C=CCCC3)C=COC2)cc1. The molecule has 2 unspecified atom stereocenters. The number of hydrogen-bond donors (Lipinski definition) is 1. The van der Waals surface area contributed by atoms with Gasteiger partial charge < -0.3 is 9.84 Å². The molecule has 124 valence electrons. The summed E-state index contributed by atoms with van der Waals surface area (Å²) < 4.78 is 5.62. The molecule has 1 aromatic rings. The van der Waals surface area contributed by atoms with E-state index < -0.39 is 0 Å². The average Bonchev–Trinajstić information content (AvgIpc) is 3.08. The smallest absolute Gasteiger partial charge is 0.0970 e. The van der Waals surface area contributed by atoms with Crippen LogP contribution in [0.2, 0.25) is 0 Å². The Balaban J connectivity index is 1.56. The van der Waals surface area contributed by atoms with Gasteiger partial charge in [0.15, 0.2) is 0 Å². The maximum absolute atomic E-state index is 8.98. The van der Waals surface area contributed by atoms with Gasteiger partial charge in [0.2, 0.25) is 0 Å². The summed E-state index contributed by atoms with van der Waals surface area (Å²) in [5.41, 5.74) is 2.82. The van der Waals surface area contributed by atoms with Crippen LogP contribution in [0.3, 0.4) is 0 Å². The molecule has 2 atom stereocenters. The number of aliphatic hydroxyl groups excluding tert-OH is 1. The number of ether oxygens (including phenoxy) is 1. The van der Waals surface area contributed by atoms with Gasteiger partial charge in [-0.05, 0) is 68.1 Å². The van der Waals surface area contributed by atoms with E-state index in [2.05, 4.69) is 42.5 Å². The van der Waals surface area contributed by atoms with Crippen molar-refractivity contribution in [3.8, 4) is 0 Å². The van der Waals surface area contributed by atoms with Crippen LogP contribution in [0.25, 0.3) is 0 Å². The predicted molar refractivity (Wildman–Crippen MR) is 94.2 cm³/mol. The first-order valence-electron chi connectivity index (χ1n) is 8.97. The van der Waals surface area contributed by atoms with E-state index in [-0.39, 0.29) is 12.0 Å². The molecule has 0 spiro atoms. The van der Waals surface area contributed by atoms with Crippen LogP contribution in [-0.2, 0) is 17.6 Å². The number of rotatable bonds is 7. The van der Waals surface area contributed by atoms with Crippen molar-refractivity contribution in [2.45, 2.75) is 44.9 Å². The van der Waals surface area contributed by atoms with Gasteiger partial charge in [-0.1, -0.05) is 36.4 Å². The third-order valence-corrected chi connectivity index (χ3v) is 5.37. The van der Waals surface area contributed by atoms with Crippen LogP contribution in [0, 0.1) is 11.3 Å². The van der Waals surface area contributed by atoms with E-state index in [9.17, 15) is 0 Å². The molecule has 3 rings (SSSR count). The molecule has 23 heavy (non-hydrogen) atoms. The van der Waals surface area contributed by atoms with Gasteiger partial charge >= 0.3 is 0 Å². The lowest BCUT2D eigenvalue weighted by atomic mass is 9.69. The lowest BCUT2D eigenvalue weighted by Gasteiger charge is -2.35. The zero-order valence-electron chi connectivity index (χ0n) is 13.9. The average molecular weight is 312 g/mol. The summed E-state index contributed by atoms with van der Waals surface area (Å²) in [6.07, 6.45) is 17.1. The molecule has 2 heteroatoms. The van der Waals surface area contributed by atoms with Gasteiger partial charge in [0.1, 0.15) is 0 Å². The summed E-state index contributed by atoms with van der Waals surface area (Å²) in [6, 6.07) is 8.70. The van der Waals surface area contributed by atoms with Gasteiger partial charge in [-0.2, -0.15) is 0 Å². The second-order valence-corrected chi connectivity index (χ2v) is 6.96. The van der Waals surface area contributed by atoms with Crippen molar-refractivity contribution >= 4 is 0 Å². The van der Waals surface area contributed by atoms with Crippen LogP contribution in [0.1, 0.15) is 43.2 Å². The molecule has 1 heterocycles. The third kappa shape index (κ3) is 4.06. The first-order chi connectivity index (χ1) is 11.3. The summed E-state index contributed by atoms with van der Waals surface area (Å²) in [5, 5.41) is 8.98. The van der Waals surface area contributed by atoms with Crippen LogP contribution >= 0.6 is 0 Å². The van der Waals surface area contributed by atoms with Crippen LogP contribution in [0.4, 0.5) is 0 Å². The minimum absolute atomic E-state index is 0.216. The van der Waals surface area contributed by atoms with Crippen molar-refractivity contribution in [3.63, 3.8) is 0 Å². The molecule has 0 bridgehead atoms. The topological polar surface area (TPSA) is 29.5 Å². The molecule has 0 amide bonds. The van der Waals surface area contributed by atoms with E-state index in [1.807, 2.05) is 6.26 Å². The van der Waals surface area contributed by atoms with Gasteiger partial charge in [0.05, 0.1) is 12.9 Å². The lowest BCUT2D eigenvalue weighted by Crippen LogP contribution is -2.30. The highest BCUT2D eigenvalue weighted by Gasteiger charge is 2.38. The summed E-state index contributed by atoms with van der Waals surface area (Å²) in [7, 11) is 0. The van der Waals surface area contributed by atoms with E-state index in [0.29, 0.717) is 5.92 Å². The molecule has 1 aliphatic heterocycles. The van der Waals surface area contributed by atoms with Gasteiger partial charge in [-0.25, -0.2) is 0 Å². The lowest BCUT2D eigenvalue weighted by molar-refractivity contribution is 0.129. The standard InChI is InChI=1S/C21H28O2/c22-15-12-19-10-8-18(9-11-19)5-4-13-21(14-16-23-17-21)20-6-2-1-3-7-20/h2,6,8-11,14,16,20,22H,1,3-5,7,12-13,15,17H2. The number of aryl methyl sites for hydroxylation is 1. The number of allylic oxidation sites excluding steroid dienone is 2. The minimum atomic E-state index is 0.216. The Bertz CT molecular complexity index is 543. The van der Waals surface area contributed by atoms with Crippen molar-refractivity contribution in [2.75, 3.05) is 13.2 Å². The van der Waals surface area contributed by atoms with Gasteiger partial charge in [0.25, 0.3) is 0 Å². The molecule has 1 N–H and O–H groups in total. The molecule has 0 fully saturated rings. The highest BCUT2D eigenvalue weighted by Crippen LogP contribution is 2.43. The highest BCUT2D eigenvalue weighted by atomic mass is 16.5. The summed E-state index contributed by atoms with van der Waals surface area (Å²) in [4.78, 5) is 0. The zero-order valence-corrected chi connectivity index (χ0v) is 13.9. The number of hydrogen-bond acceptors (Lipinski definition) is 2. The van der Waals surface area contributed by atoms with Crippen molar-refractivity contribution in [1.29, 1.82) is 0 Å². The van der Waals surface area contributed by atoms with Crippen molar-refractivity contribution in [2.24, 2.45) is 11.3 Å². The van der Waals surface area contributed by atoms with Crippen LogP contribution in [0.5, 0.6) is 0 Å². The Morgan fingerprint density at radius 2 is 1.91 bits per heavy atom. The molecule has 0 aromatic heterocycles. The zero-order chi connectivity index (χ0) is 16.0. The molecule has 2 aliphatic rings. The van der Waals surface area contributed by atoms with Crippen molar-refractivity contribution < 1.29 is 9.84 Å². The second kappa shape index (κ2) is 7.83. The Morgan fingerprint density at radius 1 is 1.13 bits per heavy atom. The fraction of sp³-hybridized carbons (Fsp3) is 0.524. The summed E-state index contributed by atoms with van der Waals surface area (Å²) >= 11 is 0. The summed E-state index contributed by atoms with van der Waals surface area (Å²) in [5.74, 6) is 0.641. The largest absolute Gasteiger partial charge is 0.501 e. The molecule has 0 saturated carbocycles. The van der Waals surface area contributed by atoms with Crippen LogP contribution < -0.4 is 0 Å². The Morgan fingerprint density at radius 3 is 2.52 bits per heavy atom. The van der Waals surface area contributed by atoms with E-state index in [0.717, 1.165) is 19.4 Å². The highest BCUT2D eigenvalue weighted by molar-refractivity contribution is 5.23. The minimum Gasteiger partial charge on any atom is -0.501 e. The van der Waals surface area contributed by atoms with Crippen LogP contribution in [-0.4, -0.2) is 18.3 Å². The second-order valence-electron chi connectivity index (χ2n) is 6.96. The third-order valence-electron chi connectivity index (χ3n) is 5.37. The van der Waals surface area contributed by atoms with Crippen molar-refractivity contribution in [3.05, 3.63) is 59.9 Å². The van der Waals surface area contributed by atoms with Crippen molar-refractivity contribution in [1.82, 2.24) is 0 Å².